The number of ether oxygens (including phenoxy) is 1. The molecule has 5 rings (SSSR count). The van der Waals surface area contributed by atoms with Gasteiger partial charge in [-0.25, -0.2) is 13.6 Å². The highest BCUT2D eigenvalue weighted by Gasteiger charge is 2.40. The van der Waals surface area contributed by atoms with Gasteiger partial charge in [-0.2, -0.15) is 5.10 Å². The smallest absolute Gasteiger partial charge is 0.403 e. The Morgan fingerprint density at radius 1 is 1.09 bits per heavy atom. The van der Waals surface area contributed by atoms with Crippen molar-refractivity contribution < 1.29 is 50.4 Å². The van der Waals surface area contributed by atoms with Crippen molar-refractivity contribution in [3.63, 3.8) is 0 Å². The molecule has 0 aliphatic carbocycles. The number of rotatable bonds is 8. The van der Waals surface area contributed by atoms with Crippen LogP contribution in [0.2, 0.25) is 0 Å². The lowest BCUT2D eigenvalue weighted by molar-refractivity contribution is -0.275. The molecule has 0 bridgehead atoms. The fraction of sp³-hybridized carbons (Fsp3) is 0.231. The van der Waals surface area contributed by atoms with Crippen molar-refractivity contribution in [1.29, 1.82) is 0 Å². The Morgan fingerprint density at radius 3 is 2.56 bits per heavy atom. The van der Waals surface area contributed by atoms with Gasteiger partial charge in [-0.05, 0) is 30.3 Å². The van der Waals surface area contributed by atoms with E-state index in [0.29, 0.717) is 6.07 Å². The van der Waals surface area contributed by atoms with Gasteiger partial charge >= 0.3 is 12.4 Å². The normalized spacial score (nSPS) is 16.4. The van der Waals surface area contributed by atoms with Gasteiger partial charge in [0.05, 0.1) is 17.7 Å². The Hall–Kier alpha value is -5.75. The van der Waals surface area contributed by atoms with E-state index in [1.54, 1.807) is 0 Å². The van der Waals surface area contributed by atoms with Crippen LogP contribution in [0, 0.1) is 5.82 Å². The van der Waals surface area contributed by atoms with Gasteiger partial charge in [-0.3, -0.25) is 24.4 Å². The number of aromatic nitrogens is 3. The number of likely N-dealkylation sites (tertiary alicyclic amines) is 1. The number of anilines is 3. The highest BCUT2D eigenvalue weighted by molar-refractivity contribution is 6.07. The molecule has 1 aliphatic rings. The lowest BCUT2D eigenvalue weighted by Gasteiger charge is -2.24. The summed E-state index contributed by atoms with van der Waals surface area (Å²) < 4.78 is 76.1. The summed E-state index contributed by atoms with van der Waals surface area (Å²) in [5, 5.41) is 14.8. The van der Waals surface area contributed by atoms with Crippen LogP contribution in [0.25, 0.3) is 10.9 Å². The molecule has 2 aromatic heterocycles. The first-order chi connectivity index (χ1) is 21.3. The van der Waals surface area contributed by atoms with Crippen molar-refractivity contribution in [2.75, 3.05) is 22.5 Å². The van der Waals surface area contributed by atoms with Crippen LogP contribution in [-0.4, -0.2) is 68.7 Å². The number of nitrogens with one attached hydrogen (secondary N) is 3. The minimum absolute atomic E-state index is 0.135. The first-order valence-electron chi connectivity index (χ1n) is 12.9. The maximum absolute atomic E-state index is 14.6. The molecule has 0 spiro atoms. The monoisotopic (exact) mass is 636 g/mol. The first-order valence-corrected chi connectivity index (χ1v) is 12.9. The molecule has 0 radical (unpaired) electrons. The van der Waals surface area contributed by atoms with Crippen molar-refractivity contribution in [2.24, 2.45) is 5.73 Å². The third kappa shape index (κ3) is 6.92. The number of carbonyl (C=O) groups is 4. The maximum Gasteiger partial charge on any atom is 0.573 e. The Morgan fingerprint density at radius 2 is 1.87 bits per heavy atom. The molecule has 1 saturated heterocycles. The molecule has 3 heterocycles. The van der Waals surface area contributed by atoms with Crippen LogP contribution >= 0.6 is 0 Å². The number of alkyl halides is 4. The number of amides is 5. The number of benzene rings is 2. The third-order valence-corrected chi connectivity index (χ3v) is 6.53. The second kappa shape index (κ2) is 12.1. The van der Waals surface area contributed by atoms with Gasteiger partial charge in [0.15, 0.2) is 23.1 Å². The number of carbonyl (C=O) groups excluding carboxylic acids is 4. The van der Waals surface area contributed by atoms with Crippen LogP contribution in [0.15, 0.2) is 53.3 Å². The third-order valence-electron chi connectivity index (χ3n) is 6.53. The molecule has 0 unspecified atom stereocenters. The summed E-state index contributed by atoms with van der Waals surface area (Å²) >= 11 is 0. The largest absolute Gasteiger partial charge is 0.573 e. The lowest BCUT2D eigenvalue weighted by Crippen LogP contribution is -2.44. The lowest BCUT2D eigenvalue weighted by atomic mass is 10.1. The molecule has 0 saturated carbocycles. The van der Waals surface area contributed by atoms with E-state index in [1.165, 1.54) is 30.5 Å². The minimum Gasteiger partial charge on any atom is -0.403 e. The van der Waals surface area contributed by atoms with E-state index in [2.05, 4.69) is 35.5 Å². The zero-order valence-corrected chi connectivity index (χ0v) is 22.6. The van der Waals surface area contributed by atoms with Crippen LogP contribution in [0.1, 0.15) is 16.9 Å². The Kier molecular flexibility index (Phi) is 8.25. The van der Waals surface area contributed by atoms with Gasteiger partial charge in [0.2, 0.25) is 11.8 Å². The van der Waals surface area contributed by atoms with E-state index in [-0.39, 0.29) is 28.1 Å². The number of primary amides is 1. The van der Waals surface area contributed by atoms with E-state index in [9.17, 15) is 41.1 Å². The Balaban J connectivity index is 1.33. The molecule has 19 heteroatoms. The summed E-state index contributed by atoms with van der Waals surface area (Å²) in [7, 11) is 0. The van der Waals surface area contributed by atoms with Crippen LogP contribution in [0.5, 0.6) is 5.75 Å². The SMILES string of the molecule is NC(=O)c1nn(CC(=O)N2C[C@H](F)C[C@H]2C(=O)Nc2cccc(OC(F)(F)F)c2F)c2ccc(NC(=O)Nc3ccon3)cc12. The van der Waals surface area contributed by atoms with Crippen molar-refractivity contribution in [3.8, 4) is 5.75 Å². The number of nitrogens with two attached hydrogens (primary N) is 1. The van der Waals surface area contributed by atoms with E-state index in [0.717, 1.165) is 21.7 Å². The van der Waals surface area contributed by atoms with Gasteiger partial charge < -0.3 is 30.5 Å². The molecule has 4 aromatic rings. The number of fused-ring (bicyclic) bond motifs is 1. The number of nitrogens with zero attached hydrogens (tertiary/aromatic N) is 4. The van der Waals surface area contributed by atoms with E-state index in [4.69, 9.17) is 5.73 Å². The fourth-order valence-corrected chi connectivity index (χ4v) is 4.67. The number of urea groups is 1. The molecule has 1 aliphatic heterocycles. The molecule has 2 aromatic carbocycles. The summed E-state index contributed by atoms with van der Waals surface area (Å²) in [5.41, 5.74) is 4.96. The molecule has 5 amide bonds. The molecule has 5 N–H and O–H groups in total. The maximum atomic E-state index is 14.6. The summed E-state index contributed by atoms with van der Waals surface area (Å²) in [5.74, 6) is -5.43. The minimum atomic E-state index is -5.20. The van der Waals surface area contributed by atoms with E-state index >= 15 is 0 Å². The predicted octanol–water partition coefficient (Wildman–Crippen LogP) is 3.38. The van der Waals surface area contributed by atoms with Gasteiger partial charge in [-0.1, -0.05) is 11.2 Å². The number of hydrogen-bond acceptors (Lipinski definition) is 8. The molecule has 2 atom stereocenters. The number of halogens is 5. The molecule has 14 nitrogen and oxygen atoms in total. The molecule has 1 fully saturated rings. The van der Waals surface area contributed by atoms with Gasteiger partial charge in [0, 0.05) is 23.6 Å². The molecule has 45 heavy (non-hydrogen) atoms. The Labute approximate surface area is 248 Å². The zero-order chi connectivity index (χ0) is 32.5. The van der Waals surface area contributed by atoms with Gasteiger partial charge in [-0.15, -0.1) is 13.2 Å². The van der Waals surface area contributed by atoms with Crippen molar-refractivity contribution in [3.05, 3.63) is 60.2 Å². The van der Waals surface area contributed by atoms with Gasteiger partial charge in [0.25, 0.3) is 5.91 Å². The van der Waals surface area contributed by atoms with Crippen LogP contribution in [-0.2, 0) is 16.1 Å². The standard InChI is InChI=1S/C26H21F5N8O6/c27-12-8-17(24(42)34-15-2-1-3-18(21(15)28)45-26(29,30)31)38(10-12)20(40)11-39-16-5-4-13(9-14(16)22(36-39)23(32)41)33-25(43)35-19-6-7-44-37-19/h1-7,9,12,17H,8,10-11H2,(H2,32,41)(H,34,42)(H2,33,35,37,43)/t12-,17+/m1/s1. The summed E-state index contributed by atoms with van der Waals surface area (Å²) in [6.45, 7) is -1.11. The van der Waals surface area contributed by atoms with Gasteiger partial charge in [0.1, 0.15) is 25.0 Å². The average molecular weight is 636 g/mol. The number of hydrogen-bond donors (Lipinski definition) is 4. The molecular formula is C26H21F5N8O6. The van der Waals surface area contributed by atoms with Crippen molar-refractivity contribution in [2.45, 2.75) is 31.5 Å². The topological polar surface area (TPSA) is 187 Å². The quantitative estimate of drug-likeness (QED) is 0.212. The second-order valence-electron chi connectivity index (χ2n) is 9.62. The average Bonchev–Trinajstić information content (AvgIpc) is 3.69. The van der Waals surface area contributed by atoms with Crippen LogP contribution in [0.4, 0.5) is 43.9 Å². The summed E-state index contributed by atoms with van der Waals surface area (Å²) in [6, 6.07) is 6.15. The first kappa shape index (κ1) is 30.7. The zero-order valence-electron chi connectivity index (χ0n) is 22.6. The Bertz CT molecular complexity index is 1780. The van der Waals surface area contributed by atoms with E-state index < -0.39 is 79.1 Å². The van der Waals surface area contributed by atoms with E-state index in [1.807, 2.05) is 0 Å². The van der Waals surface area contributed by atoms with Crippen molar-refractivity contribution in [1.82, 2.24) is 19.8 Å². The fourth-order valence-electron chi connectivity index (χ4n) is 4.67. The second-order valence-corrected chi connectivity index (χ2v) is 9.62. The predicted molar refractivity (Wildman–Crippen MR) is 144 cm³/mol. The highest BCUT2D eigenvalue weighted by Crippen LogP contribution is 2.31. The highest BCUT2D eigenvalue weighted by atomic mass is 19.4. The van der Waals surface area contributed by atoms with Crippen LogP contribution < -0.4 is 26.4 Å². The van der Waals surface area contributed by atoms with Crippen LogP contribution in [0.3, 0.4) is 0 Å². The molecule has 236 valence electrons. The van der Waals surface area contributed by atoms with Crippen molar-refractivity contribution >= 4 is 51.8 Å². The summed E-state index contributed by atoms with van der Waals surface area (Å²) in [6.07, 6.45) is -6.08. The summed E-state index contributed by atoms with van der Waals surface area (Å²) in [4.78, 5) is 51.5. The molecular weight excluding hydrogens is 615 g/mol.